The number of para-hydroxylation sites is 1. The monoisotopic (exact) mass is 273 g/mol. The number of methoxy groups -OCH3 is 1. The molecular formula is C17H20FNO. The summed E-state index contributed by atoms with van der Waals surface area (Å²) in [5.74, 6) is 0.667. The molecule has 106 valence electrons. The van der Waals surface area contributed by atoms with E-state index in [4.69, 9.17) is 4.74 Å². The predicted octanol–water partition coefficient (Wildman–Crippen LogP) is 3.99. The minimum Gasteiger partial charge on any atom is -0.496 e. The summed E-state index contributed by atoms with van der Waals surface area (Å²) in [4.78, 5) is 0. The number of nitrogens with one attached hydrogen (secondary N) is 1. The molecule has 0 aromatic heterocycles. The Morgan fingerprint density at radius 1 is 1.20 bits per heavy atom. The van der Waals surface area contributed by atoms with E-state index in [1.165, 1.54) is 6.07 Å². The van der Waals surface area contributed by atoms with Crippen molar-refractivity contribution < 1.29 is 9.13 Å². The first-order chi connectivity index (χ1) is 9.61. The zero-order chi connectivity index (χ0) is 14.5. The summed E-state index contributed by atoms with van der Waals surface area (Å²) < 4.78 is 18.6. The van der Waals surface area contributed by atoms with Crippen molar-refractivity contribution in [1.29, 1.82) is 0 Å². The van der Waals surface area contributed by atoms with Crippen LogP contribution in [0, 0.1) is 12.7 Å². The van der Waals surface area contributed by atoms with Gasteiger partial charge in [0.1, 0.15) is 11.6 Å². The summed E-state index contributed by atoms with van der Waals surface area (Å²) in [6, 6.07) is 12.9. The van der Waals surface area contributed by atoms with Crippen LogP contribution in [0.15, 0.2) is 42.5 Å². The Morgan fingerprint density at radius 2 is 1.95 bits per heavy atom. The lowest BCUT2D eigenvalue weighted by atomic mass is 10.1. The molecule has 0 bridgehead atoms. The van der Waals surface area contributed by atoms with Gasteiger partial charge in [-0.3, -0.25) is 0 Å². The van der Waals surface area contributed by atoms with Gasteiger partial charge in [-0.2, -0.15) is 0 Å². The predicted molar refractivity (Wildman–Crippen MR) is 79.4 cm³/mol. The van der Waals surface area contributed by atoms with Gasteiger partial charge in [0.2, 0.25) is 0 Å². The fourth-order valence-corrected chi connectivity index (χ4v) is 2.23. The Labute approximate surface area is 119 Å². The molecule has 0 saturated heterocycles. The van der Waals surface area contributed by atoms with Crippen molar-refractivity contribution in [3.05, 3.63) is 65.0 Å². The molecule has 0 fully saturated rings. The Morgan fingerprint density at radius 3 is 2.70 bits per heavy atom. The molecule has 2 nitrogen and oxygen atoms in total. The van der Waals surface area contributed by atoms with Crippen LogP contribution in [0.4, 0.5) is 4.39 Å². The topological polar surface area (TPSA) is 21.3 Å². The third-order valence-corrected chi connectivity index (χ3v) is 3.52. The maximum atomic E-state index is 13.3. The minimum atomic E-state index is -0.197. The molecule has 0 heterocycles. The van der Waals surface area contributed by atoms with Gasteiger partial charge >= 0.3 is 0 Å². The van der Waals surface area contributed by atoms with E-state index in [1.54, 1.807) is 19.2 Å². The lowest BCUT2D eigenvalue weighted by molar-refractivity contribution is 0.401. The molecule has 2 aromatic carbocycles. The molecule has 0 aliphatic heterocycles. The largest absolute Gasteiger partial charge is 0.496 e. The van der Waals surface area contributed by atoms with Crippen LogP contribution < -0.4 is 10.1 Å². The first-order valence-corrected chi connectivity index (χ1v) is 6.73. The average molecular weight is 273 g/mol. The molecule has 3 heteroatoms. The number of aryl methyl sites for hydroxylation is 1. The SMILES string of the molecule is COc1ccccc1C(C)NCc1cc(F)ccc1C. The Kier molecular flexibility index (Phi) is 4.74. The summed E-state index contributed by atoms with van der Waals surface area (Å²) in [5, 5.41) is 3.41. The van der Waals surface area contributed by atoms with E-state index in [0.717, 1.165) is 22.4 Å². The van der Waals surface area contributed by atoms with Crippen molar-refractivity contribution in [2.45, 2.75) is 26.4 Å². The maximum absolute atomic E-state index is 13.3. The van der Waals surface area contributed by atoms with Gasteiger partial charge in [-0.1, -0.05) is 24.3 Å². The lowest BCUT2D eigenvalue weighted by Crippen LogP contribution is -2.19. The number of hydrogen-bond acceptors (Lipinski definition) is 2. The third-order valence-electron chi connectivity index (χ3n) is 3.52. The quantitative estimate of drug-likeness (QED) is 0.889. The van der Waals surface area contributed by atoms with Crippen LogP contribution in [0.3, 0.4) is 0 Å². The van der Waals surface area contributed by atoms with Gasteiger partial charge in [-0.15, -0.1) is 0 Å². The standard InChI is InChI=1S/C17H20FNO/c1-12-8-9-15(18)10-14(12)11-19-13(2)16-6-4-5-7-17(16)20-3/h4-10,13,19H,11H2,1-3H3. The van der Waals surface area contributed by atoms with Crippen molar-refractivity contribution in [1.82, 2.24) is 5.32 Å². The van der Waals surface area contributed by atoms with E-state index in [-0.39, 0.29) is 11.9 Å². The first kappa shape index (κ1) is 14.5. The molecule has 2 aromatic rings. The van der Waals surface area contributed by atoms with Crippen LogP contribution >= 0.6 is 0 Å². The van der Waals surface area contributed by atoms with Crippen molar-refractivity contribution >= 4 is 0 Å². The van der Waals surface area contributed by atoms with E-state index in [1.807, 2.05) is 31.2 Å². The lowest BCUT2D eigenvalue weighted by Gasteiger charge is -2.18. The fourth-order valence-electron chi connectivity index (χ4n) is 2.23. The molecule has 0 aliphatic carbocycles. The van der Waals surface area contributed by atoms with Crippen molar-refractivity contribution in [2.24, 2.45) is 0 Å². The normalized spacial score (nSPS) is 12.2. The summed E-state index contributed by atoms with van der Waals surface area (Å²) in [6.45, 7) is 4.69. The number of hydrogen-bond donors (Lipinski definition) is 1. The highest BCUT2D eigenvalue weighted by molar-refractivity contribution is 5.35. The van der Waals surface area contributed by atoms with Gasteiger partial charge < -0.3 is 10.1 Å². The van der Waals surface area contributed by atoms with E-state index < -0.39 is 0 Å². The smallest absolute Gasteiger partial charge is 0.123 e. The van der Waals surface area contributed by atoms with Crippen molar-refractivity contribution in [3.63, 3.8) is 0 Å². The van der Waals surface area contributed by atoms with E-state index in [2.05, 4.69) is 12.2 Å². The van der Waals surface area contributed by atoms with Gasteiger partial charge in [0, 0.05) is 18.2 Å². The van der Waals surface area contributed by atoms with Crippen LogP contribution in [0.5, 0.6) is 5.75 Å². The second kappa shape index (κ2) is 6.53. The van der Waals surface area contributed by atoms with Crippen molar-refractivity contribution in [3.8, 4) is 5.75 Å². The average Bonchev–Trinajstić information content (AvgIpc) is 2.47. The summed E-state index contributed by atoms with van der Waals surface area (Å²) in [6.07, 6.45) is 0. The molecule has 1 N–H and O–H groups in total. The van der Waals surface area contributed by atoms with E-state index in [0.29, 0.717) is 6.54 Å². The molecule has 0 spiro atoms. The zero-order valence-electron chi connectivity index (χ0n) is 12.1. The van der Waals surface area contributed by atoms with Crippen LogP contribution in [0.1, 0.15) is 29.7 Å². The Hall–Kier alpha value is -1.87. The molecular weight excluding hydrogens is 253 g/mol. The molecule has 0 amide bonds. The van der Waals surface area contributed by atoms with Crippen LogP contribution in [-0.2, 0) is 6.54 Å². The Balaban J connectivity index is 2.08. The van der Waals surface area contributed by atoms with Gasteiger partial charge in [0.25, 0.3) is 0 Å². The van der Waals surface area contributed by atoms with Crippen LogP contribution in [0.25, 0.3) is 0 Å². The molecule has 1 atom stereocenters. The first-order valence-electron chi connectivity index (χ1n) is 6.73. The van der Waals surface area contributed by atoms with Gasteiger partial charge in [-0.25, -0.2) is 4.39 Å². The highest BCUT2D eigenvalue weighted by atomic mass is 19.1. The summed E-state index contributed by atoms with van der Waals surface area (Å²) >= 11 is 0. The molecule has 1 unspecified atom stereocenters. The van der Waals surface area contributed by atoms with Crippen LogP contribution in [0.2, 0.25) is 0 Å². The molecule has 0 aliphatic rings. The Bertz CT molecular complexity index is 583. The second-order valence-corrected chi connectivity index (χ2v) is 4.92. The highest BCUT2D eigenvalue weighted by Crippen LogP contribution is 2.24. The van der Waals surface area contributed by atoms with E-state index >= 15 is 0 Å². The second-order valence-electron chi connectivity index (χ2n) is 4.92. The van der Waals surface area contributed by atoms with Gasteiger partial charge in [-0.05, 0) is 43.2 Å². The minimum absolute atomic E-state index is 0.133. The molecule has 20 heavy (non-hydrogen) atoms. The number of rotatable bonds is 5. The maximum Gasteiger partial charge on any atom is 0.123 e. The number of benzene rings is 2. The molecule has 2 rings (SSSR count). The summed E-state index contributed by atoms with van der Waals surface area (Å²) in [7, 11) is 1.67. The fraction of sp³-hybridized carbons (Fsp3) is 0.294. The van der Waals surface area contributed by atoms with Crippen molar-refractivity contribution in [2.75, 3.05) is 7.11 Å². The van der Waals surface area contributed by atoms with Gasteiger partial charge in [0.15, 0.2) is 0 Å². The number of halogens is 1. The number of ether oxygens (including phenoxy) is 1. The molecule has 0 saturated carbocycles. The molecule has 0 radical (unpaired) electrons. The third kappa shape index (κ3) is 3.36. The summed E-state index contributed by atoms with van der Waals surface area (Å²) in [5.41, 5.74) is 3.17. The van der Waals surface area contributed by atoms with E-state index in [9.17, 15) is 4.39 Å². The zero-order valence-corrected chi connectivity index (χ0v) is 12.1. The highest BCUT2D eigenvalue weighted by Gasteiger charge is 2.10. The van der Waals surface area contributed by atoms with Gasteiger partial charge in [0.05, 0.1) is 7.11 Å². The van der Waals surface area contributed by atoms with Crippen LogP contribution in [-0.4, -0.2) is 7.11 Å².